The minimum Gasteiger partial charge on any atom is -0.384 e. The van der Waals surface area contributed by atoms with Crippen molar-refractivity contribution in [3.63, 3.8) is 0 Å². The molecule has 4 heteroatoms. The average Bonchev–Trinajstić information content (AvgIpc) is 2.18. The first-order valence-electron chi connectivity index (χ1n) is 5.01. The fraction of sp³-hybridized carbons (Fsp3) is 0.545. The predicted molar refractivity (Wildman–Crippen MR) is 64.7 cm³/mol. The smallest absolute Gasteiger partial charge is 0.0499 e. The van der Waals surface area contributed by atoms with Gasteiger partial charge >= 0.3 is 0 Å². The summed E-state index contributed by atoms with van der Waals surface area (Å²) in [5, 5.41) is 3.37. The van der Waals surface area contributed by atoms with Crippen molar-refractivity contribution in [1.29, 1.82) is 0 Å². The molecule has 3 nitrogen and oxygen atoms in total. The Balaban J connectivity index is 2.25. The van der Waals surface area contributed by atoms with Crippen LogP contribution in [0.15, 0.2) is 22.9 Å². The van der Waals surface area contributed by atoms with E-state index >= 15 is 0 Å². The van der Waals surface area contributed by atoms with E-state index in [4.69, 9.17) is 4.74 Å². The molecule has 0 aliphatic rings. The van der Waals surface area contributed by atoms with Crippen LogP contribution < -0.4 is 5.32 Å². The lowest BCUT2D eigenvalue weighted by Crippen LogP contribution is -2.23. The van der Waals surface area contributed by atoms with Crippen LogP contribution in [0, 0.1) is 5.92 Å². The predicted octanol–water partition coefficient (Wildman–Crippen LogP) is 2.22. The lowest BCUT2D eigenvalue weighted by atomic mass is 10.2. The van der Waals surface area contributed by atoms with Crippen LogP contribution in [0.3, 0.4) is 0 Å². The summed E-state index contributed by atoms with van der Waals surface area (Å²) in [5.74, 6) is 0.537. The molecule has 0 aliphatic heterocycles. The van der Waals surface area contributed by atoms with Crippen molar-refractivity contribution in [3.8, 4) is 0 Å². The Bertz CT molecular complexity index is 294. The largest absolute Gasteiger partial charge is 0.384 e. The number of hydrogen-bond acceptors (Lipinski definition) is 3. The molecular formula is C11H17BrN2O. The van der Waals surface area contributed by atoms with E-state index in [1.54, 1.807) is 13.3 Å². The van der Waals surface area contributed by atoms with Crippen molar-refractivity contribution >= 4 is 15.9 Å². The van der Waals surface area contributed by atoms with Gasteiger partial charge in [0, 0.05) is 43.7 Å². The average molecular weight is 273 g/mol. The summed E-state index contributed by atoms with van der Waals surface area (Å²) in [6.45, 7) is 4.76. The van der Waals surface area contributed by atoms with E-state index in [0.717, 1.165) is 24.2 Å². The summed E-state index contributed by atoms with van der Waals surface area (Å²) >= 11 is 3.40. The molecule has 0 aromatic carbocycles. The second-order valence-electron chi connectivity index (χ2n) is 3.70. The van der Waals surface area contributed by atoms with Crippen molar-refractivity contribution in [2.75, 3.05) is 20.3 Å². The van der Waals surface area contributed by atoms with Gasteiger partial charge in [-0.05, 0) is 33.5 Å². The molecule has 0 bridgehead atoms. The van der Waals surface area contributed by atoms with Gasteiger partial charge in [0.15, 0.2) is 0 Å². The summed E-state index contributed by atoms with van der Waals surface area (Å²) in [7, 11) is 1.73. The number of halogens is 1. The molecular weight excluding hydrogens is 256 g/mol. The summed E-state index contributed by atoms with van der Waals surface area (Å²) in [6, 6.07) is 2.07. The number of nitrogens with one attached hydrogen (secondary N) is 1. The van der Waals surface area contributed by atoms with E-state index in [1.807, 2.05) is 6.20 Å². The van der Waals surface area contributed by atoms with Crippen LogP contribution in [0.5, 0.6) is 0 Å². The number of methoxy groups -OCH3 is 1. The SMILES string of the molecule is COCC(C)CNCc1cncc(Br)c1. The van der Waals surface area contributed by atoms with Gasteiger partial charge in [-0.1, -0.05) is 6.92 Å². The quantitative estimate of drug-likeness (QED) is 0.863. The third-order valence-electron chi connectivity index (χ3n) is 2.03. The van der Waals surface area contributed by atoms with Crippen LogP contribution in [0.2, 0.25) is 0 Å². The zero-order valence-corrected chi connectivity index (χ0v) is 10.8. The maximum absolute atomic E-state index is 5.07. The standard InChI is InChI=1S/C11H17BrN2O/c1-9(8-15-2)4-13-5-10-3-11(12)7-14-6-10/h3,6-7,9,13H,4-5,8H2,1-2H3. The van der Waals surface area contributed by atoms with Gasteiger partial charge in [0.1, 0.15) is 0 Å². The van der Waals surface area contributed by atoms with Crippen LogP contribution in [0.4, 0.5) is 0 Å². The van der Waals surface area contributed by atoms with Crippen LogP contribution in [0.25, 0.3) is 0 Å². The fourth-order valence-corrected chi connectivity index (χ4v) is 1.77. The molecule has 0 spiro atoms. The Morgan fingerprint density at radius 1 is 1.53 bits per heavy atom. The Kier molecular flexibility index (Phi) is 5.83. The molecule has 1 heterocycles. The molecule has 1 aromatic heterocycles. The molecule has 1 aromatic rings. The summed E-state index contributed by atoms with van der Waals surface area (Å²) in [4.78, 5) is 4.11. The van der Waals surface area contributed by atoms with Crippen molar-refractivity contribution in [2.45, 2.75) is 13.5 Å². The third-order valence-corrected chi connectivity index (χ3v) is 2.47. The van der Waals surface area contributed by atoms with Crippen LogP contribution >= 0.6 is 15.9 Å². The number of aromatic nitrogens is 1. The molecule has 1 unspecified atom stereocenters. The molecule has 0 radical (unpaired) electrons. The zero-order chi connectivity index (χ0) is 11.1. The maximum atomic E-state index is 5.07. The van der Waals surface area contributed by atoms with Crippen molar-refractivity contribution < 1.29 is 4.74 Å². The Morgan fingerprint density at radius 3 is 3.00 bits per heavy atom. The first-order valence-corrected chi connectivity index (χ1v) is 5.80. The first-order chi connectivity index (χ1) is 7.22. The fourth-order valence-electron chi connectivity index (χ4n) is 1.36. The van der Waals surface area contributed by atoms with E-state index in [-0.39, 0.29) is 0 Å². The molecule has 1 rings (SSSR count). The number of hydrogen-bond donors (Lipinski definition) is 1. The first kappa shape index (κ1) is 12.6. The highest BCUT2D eigenvalue weighted by atomic mass is 79.9. The van der Waals surface area contributed by atoms with E-state index < -0.39 is 0 Å². The number of pyridine rings is 1. The van der Waals surface area contributed by atoms with Crippen LogP contribution in [0.1, 0.15) is 12.5 Å². The van der Waals surface area contributed by atoms with E-state index in [2.05, 4.69) is 39.2 Å². The van der Waals surface area contributed by atoms with Gasteiger partial charge in [0.05, 0.1) is 0 Å². The molecule has 0 amide bonds. The molecule has 0 saturated carbocycles. The summed E-state index contributed by atoms with van der Waals surface area (Å²) in [6.07, 6.45) is 3.66. The second kappa shape index (κ2) is 6.93. The number of nitrogens with zero attached hydrogens (tertiary/aromatic N) is 1. The molecule has 84 valence electrons. The van der Waals surface area contributed by atoms with E-state index in [0.29, 0.717) is 5.92 Å². The Morgan fingerprint density at radius 2 is 2.33 bits per heavy atom. The number of ether oxygens (including phenoxy) is 1. The normalized spacial score (nSPS) is 12.7. The van der Waals surface area contributed by atoms with E-state index in [9.17, 15) is 0 Å². The van der Waals surface area contributed by atoms with Crippen LogP contribution in [-0.2, 0) is 11.3 Å². The van der Waals surface area contributed by atoms with Gasteiger partial charge in [-0.15, -0.1) is 0 Å². The topological polar surface area (TPSA) is 34.1 Å². The minimum absolute atomic E-state index is 0.537. The zero-order valence-electron chi connectivity index (χ0n) is 9.16. The van der Waals surface area contributed by atoms with Gasteiger partial charge in [0.2, 0.25) is 0 Å². The highest BCUT2D eigenvalue weighted by molar-refractivity contribution is 9.10. The molecule has 1 N–H and O–H groups in total. The molecule has 0 saturated heterocycles. The lowest BCUT2D eigenvalue weighted by molar-refractivity contribution is 0.158. The maximum Gasteiger partial charge on any atom is 0.0499 e. The van der Waals surface area contributed by atoms with E-state index in [1.165, 1.54) is 5.56 Å². The lowest BCUT2D eigenvalue weighted by Gasteiger charge is -2.11. The molecule has 0 fully saturated rings. The van der Waals surface area contributed by atoms with Gasteiger partial charge in [-0.2, -0.15) is 0 Å². The van der Waals surface area contributed by atoms with Crippen molar-refractivity contribution in [3.05, 3.63) is 28.5 Å². The molecule has 1 atom stereocenters. The molecule has 15 heavy (non-hydrogen) atoms. The number of rotatable bonds is 6. The Hall–Kier alpha value is -0.450. The van der Waals surface area contributed by atoms with Crippen molar-refractivity contribution in [1.82, 2.24) is 10.3 Å². The van der Waals surface area contributed by atoms with Gasteiger partial charge in [0.25, 0.3) is 0 Å². The highest BCUT2D eigenvalue weighted by Crippen LogP contribution is 2.09. The van der Waals surface area contributed by atoms with Crippen LogP contribution in [-0.4, -0.2) is 25.2 Å². The second-order valence-corrected chi connectivity index (χ2v) is 4.62. The summed E-state index contributed by atoms with van der Waals surface area (Å²) in [5.41, 5.74) is 1.19. The summed E-state index contributed by atoms with van der Waals surface area (Å²) < 4.78 is 6.09. The van der Waals surface area contributed by atoms with Gasteiger partial charge in [-0.3, -0.25) is 4.98 Å². The third kappa shape index (κ3) is 5.25. The van der Waals surface area contributed by atoms with Gasteiger partial charge < -0.3 is 10.1 Å². The van der Waals surface area contributed by atoms with Gasteiger partial charge in [-0.25, -0.2) is 0 Å². The Labute approximate surface area is 99.4 Å². The van der Waals surface area contributed by atoms with Crippen molar-refractivity contribution in [2.24, 2.45) is 5.92 Å². The minimum atomic E-state index is 0.537. The monoisotopic (exact) mass is 272 g/mol. The molecule has 0 aliphatic carbocycles. The highest BCUT2D eigenvalue weighted by Gasteiger charge is 2.00.